The highest BCUT2D eigenvalue weighted by Gasteiger charge is 2.27. The molecule has 4 nitrogen and oxygen atoms in total. The monoisotopic (exact) mass is 419 g/mol. The highest BCUT2D eigenvalue weighted by molar-refractivity contribution is 6.13. The van der Waals surface area contributed by atoms with Crippen molar-refractivity contribution < 1.29 is 4.42 Å². The van der Waals surface area contributed by atoms with Gasteiger partial charge >= 0.3 is 0 Å². The molecule has 0 fully saturated rings. The average molecular weight is 420 g/mol. The highest BCUT2D eigenvalue weighted by Crippen LogP contribution is 2.43. The lowest BCUT2D eigenvalue weighted by molar-refractivity contribution is 0.340. The Morgan fingerprint density at radius 2 is 1.94 bits per heavy atom. The summed E-state index contributed by atoms with van der Waals surface area (Å²) in [7, 11) is 4.24. The number of furan rings is 1. The number of rotatable bonds is 4. The molecule has 0 bridgehead atoms. The Morgan fingerprint density at radius 1 is 1.12 bits per heavy atom. The van der Waals surface area contributed by atoms with E-state index in [-0.39, 0.29) is 0 Å². The molecule has 1 atom stereocenters. The lowest BCUT2D eigenvalue weighted by Crippen LogP contribution is -2.23. The fourth-order valence-corrected chi connectivity index (χ4v) is 4.72. The van der Waals surface area contributed by atoms with Crippen molar-refractivity contribution in [1.29, 1.82) is 5.26 Å². The van der Waals surface area contributed by atoms with Crippen LogP contribution in [-0.4, -0.2) is 30.0 Å². The number of pyridine rings is 1. The number of hydrogen-bond donors (Lipinski definition) is 0. The van der Waals surface area contributed by atoms with Gasteiger partial charge in [0, 0.05) is 23.0 Å². The Kier molecular flexibility index (Phi) is 5.13. The van der Waals surface area contributed by atoms with Crippen molar-refractivity contribution in [3.8, 4) is 6.07 Å². The topological polar surface area (TPSA) is 53.1 Å². The fourth-order valence-electron chi connectivity index (χ4n) is 4.72. The Hall–Kier alpha value is -3.68. The first-order valence-corrected chi connectivity index (χ1v) is 10.9. The summed E-state index contributed by atoms with van der Waals surface area (Å²) in [5, 5.41) is 12.0. The number of fused-ring (bicyclic) bond motifs is 3. The number of nitrogens with zero attached hydrogens (tertiary/aromatic N) is 3. The number of allylic oxidation sites excluding steroid dienone is 1. The van der Waals surface area contributed by atoms with Crippen LogP contribution in [0.5, 0.6) is 0 Å². The molecule has 1 unspecified atom stereocenters. The smallest absolute Gasteiger partial charge is 0.227 e. The zero-order valence-electron chi connectivity index (χ0n) is 18.6. The fraction of sp³-hybridized carbons (Fsp3) is 0.214. The Labute approximate surface area is 188 Å². The molecule has 5 rings (SSSR count). The van der Waals surface area contributed by atoms with Gasteiger partial charge in [0.2, 0.25) is 5.71 Å². The molecular weight excluding hydrogens is 394 g/mol. The van der Waals surface area contributed by atoms with Crippen molar-refractivity contribution in [3.05, 3.63) is 82.6 Å². The molecule has 2 heterocycles. The number of aromatic nitrogens is 1. The average Bonchev–Trinajstić information content (AvgIpc) is 3.44. The SMILES string of the molecule is Cc1c(/C=C/c2ccccc2)c(C2=CC(N(C)C)CC2)c2c(oc3ncccc32)c1C#N. The van der Waals surface area contributed by atoms with Crippen LogP contribution in [0.2, 0.25) is 0 Å². The zero-order chi connectivity index (χ0) is 22.2. The minimum absolute atomic E-state index is 0.401. The molecule has 0 N–H and O–H groups in total. The van der Waals surface area contributed by atoms with Gasteiger partial charge in [-0.1, -0.05) is 48.6 Å². The minimum Gasteiger partial charge on any atom is -0.436 e. The number of hydrogen-bond acceptors (Lipinski definition) is 4. The van der Waals surface area contributed by atoms with E-state index in [4.69, 9.17) is 4.42 Å². The molecule has 0 saturated heterocycles. The molecule has 32 heavy (non-hydrogen) atoms. The summed E-state index contributed by atoms with van der Waals surface area (Å²) < 4.78 is 6.15. The third-order valence-electron chi connectivity index (χ3n) is 6.43. The van der Waals surface area contributed by atoms with Crippen molar-refractivity contribution in [3.63, 3.8) is 0 Å². The highest BCUT2D eigenvalue weighted by atomic mass is 16.3. The van der Waals surface area contributed by atoms with Gasteiger partial charge in [-0.25, -0.2) is 4.98 Å². The van der Waals surface area contributed by atoms with Crippen molar-refractivity contribution in [2.24, 2.45) is 0 Å². The summed E-state index contributed by atoms with van der Waals surface area (Å²) in [6, 6.07) is 17.0. The lowest BCUT2D eigenvalue weighted by atomic mass is 9.87. The lowest BCUT2D eigenvalue weighted by Gasteiger charge is -2.16. The molecule has 4 aromatic rings. The maximum atomic E-state index is 10.0. The van der Waals surface area contributed by atoms with Crippen LogP contribution in [0.15, 0.2) is 59.2 Å². The molecule has 1 aliphatic rings. The predicted molar refractivity (Wildman–Crippen MR) is 131 cm³/mol. The molecule has 0 amide bonds. The normalized spacial score (nSPS) is 16.3. The van der Waals surface area contributed by atoms with Gasteiger partial charge in [0.25, 0.3) is 0 Å². The van der Waals surface area contributed by atoms with Gasteiger partial charge in [0.15, 0.2) is 5.58 Å². The molecule has 0 radical (unpaired) electrons. The number of likely N-dealkylation sites (N-methyl/N-ethyl adjacent to an activating group) is 1. The predicted octanol–water partition coefficient (Wildman–Crippen LogP) is 6.44. The van der Waals surface area contributed by atoms with Gasteiger partial charge in [0.1, 0.15) is 6.07 Å². The number of benzene rings is 2. The van der Waals surface area contributed by atoms with E-state index in [0.29, 0.717) is 22.9 Å². The van der Waals surface area contributed by atoms with Crippen LogP contribution >= 0.6 is 0 Å². The minimum atomic E-state index is 0.401. The van der Waals surface area contributed by atoms with E-state index in [9.17, 15) is 5.26 Å². The standard InChI is InChI=1S/C28H25N3O/c1-18-22(14-11-19-8-5-4-6-9-19)25(20-12-13-21(16-20)31(2)3)26-23-10-7-15-30-28(23)32-27(26)24(18)17-29/h4-11,14-16,21H,12-13H2,1-3H3/b14-11+. The first-order chi connectivity index (χ1) is 15.6. The van der Waals surface area contributed by atoms with E-state index in [0.717, 1.165) is 40.3 Å². The quantitative estimate of drug-likeness (QED) is 0.357. The third kappa shape index (κ3) is 3.32. The summed E-state index contributed by atoms with van der Waals surface area (Å²) >= 11 is 0. The van der Waals surface area contributed by atoms with Gasteiger partial charge < -0.3 is 9.32 Å². The van der Waals surface area contributed by atoms with Gasteiger partial charge in [-0.05, 0) is 73.8 Å². The van der Waals surface area contributed by atoms with Crippen LogP contribution in [0.1, 0.15) is 40.7 Å². The summed E-state index contributed by atoms with van der Waals surface area (Å²) in [5.41, 5.74) is 7.41. The first kappa shape index (κ1) is 20.2. The van der Waals surface area contributed by atoms with E-state index < -0.39 is 0 Å². The number of nitriles is 1. The summed E-state index contributed by atoms with van der Waals surface area (Å²) in [6.07, 6.45) is 10.4. The van der Waals surface area contributed by atoms with Crippen molar-refractivity contribution in [2.45, 2.75) is 25.8 Å². The van der Waals surface area contributed by atoms with Crippen LogP contribution in [0.4, 0.5) is 0 Å². The van der Waals surface area contributed by atoms with Crippen molar-refractivity contribution >= 4 is 39.8 Å². The molecule has 4 heteroatoms. The third-order valence-corrected chi connectivity index (χ3v) is 6.43. The summed E-state index contributed by atoms with van der Waals surface area (Å²) in [5.74, 6) is 0. The van der Waals surface area contributed by atoms with Crippen LogP contribution in [0, 0.1) is 18.3 Å². The van der Waals surface area contributed by atoms with E-state index in [1.165, 1.54) is 11.1 Å². The van der Waals surface area contributed by atoms with E-state index in [2.05, 4.69) is 60.4 Å². The van der Waals surface area contributed by atoms with Gasteiger partial charge in [-0.2, -0.15) is 5.26 Å². The second-order valence-corrected chi connectivity index (χ2v) is 8.57. The van der Waals surface area contributed by atoms with Crippen LogP contribution in [0.25, 0.3) is 39.8 Å². The van der Waals surface area contributed by atoms with Crippen molar-refractivity contribution in [1.82, 2.24) is 9.88 Å². The summed E-state index contributed by atoms with van der Waals surface area (Å²) in [6.45, 7) is 2.02. The van der Waals surface area contributed by atoms with Gasteiger partial charge in [-0.3, -0.25) is 0 Å². The molecule has 158 valence electrons. The van der Waals surface area contributed by atoms with Gasteiger partial charge in [0.05, 0.1) is 5.56 Å². The molecular formula is C28H25N3O. The Morgan fingerprint density at radius 3 is 2.66 bits per heavy atom. The zero-order valence-corrected chi connectivity index (χ0v) is 18.6. The second-order valence-electron chi connectivity index (χ2n) is 8.57. The van der Waals surface area contributed by atoms with Gasteiger partial charge in [-0.15, -0.1) is 0 Å². The molecule has 0 saturated carbocycles. The van der Waals surface area contributed by atoms with E-state index in [1.54, 1.807) is 6.20 Å². The van der Waals surface area contributed by atoms with E-state index >= 15 is 0 Å². The molecule has 1 aliphatic carbocycles. The second kappa shape index (κ2) is 8.11. The molecule has 2 aromatic heterocycles. The largest absolute Gasteiger partial charge is 0.436 e. The Balaban J connectivity index is 1.86. The van der Waals surface area contributed by atoms with Crippen LogP contribution in [-0.2, 0) is 0 Å². The van der Waals surface area contributed by atoms with Crippen LogP contribution in [0.3, 0.4) is 0 Å². The maximum absolute atomic E-state index is 10.0. The van der Waals surface area contributed by atoms with Crippen LogP contribution < -0.4 is 0 Å². The summed E-state index contributed by atoms with van der Waals surface area (Å²) in [4.78, 5) is 6.70. The molecule has 2 aromatic carbocycles. The van der Waals surface area contributed by atoms with Crippen molar-refractivity contribution in [2.75, 3.05) is 14.1 Å². The maximum Gasteiger partial charge on any atom is 0.227 e. The van der Waals surface area contributed by atoms with E-state index in [1.807, 2.05) is 37.3 Å². The molecule has 0 aliphatic heterocycles. The first-order valence-electron chi connectivity index (χ1n) is 10.9. The molecule has 0 spiro atoms. The Bertz CT molecular complexity index is 1420.